The third-order valence-electron chi connectivity index (χ3n) is 6.92. The Hall–Kier alpha value is -4.87. The molecule has 0 radical (unpaired) electrons. The molecule has 0 unspecified atom stereocenters. The third kappa shape index (κ3) is 5.65. The van der Waals surface area contributed by atoms with Gasteiger partial charge in [-0.15, -0.1) is 0 Å². The Balaban J connectivity index is 1.49. The van der Waals surface area contributed by atoms with Crippen LogP contribution >= 0.6 is 0 Å². The number of nitrogens with zero attached hydrogens (tertiary/aromatic N) is 2. The second kappa shape index (κ2) is 11.9. The van der Waals surface area contributed by atoms with Gasteiger partial charge in [0.25, 0.3) is 11.8 Å². The van der Waals surface area contributed by atoms with Crippen LogP contribution < -0.4 is 15.4 Å². The number of hydrogen-bond donors (Lipinski definition) is 3. The Morgan fingerprint density at radius 1 is 0.976 bits per heavy atom. The highest BCUT2D eigenvalue weighted by Gasteiger charge is 2.22. The Morgan fingerprint density at radius 3 is 2.43 bits per heavy atom. The highest BCUT2D eigenvalue weighted by molar-refractivity contribution is 7.87. The first-order valence-corrected chi connectivity index (χ1v) is 14.6. The maximum absolute atomic E-state index is 13.5. The molecule has 10 nitrogen and oxygen atoms in total. The van der Waals surface area contributed by atoms with Crippen LogP contribution in [0.4, 0.5) is 0 Å². The summed E-state index contributed by atoms with van der Waals surface area (Å²) in [4.78, 5) is 30.1. The molecular weight excluding hydrogens is 554 g/mol. The van der Waals surface area contributed by atoms with Crippen LogP contribution in [-0.4, -0.2) is 61.2 Å². The number of hydrogen-bond acceptors (Lipinski definition) is 5. The van der Waals surface area contributed by atoms with Crippen molar-refractivity contribution >= 4 is 49.9 Å². The fourth-order valence-corrected chi connectivity index (χ4v) is 5.74. The molecule has 0 aliphatic heterocycles. The standard InChI is InChI=1S/C31H31N5O5S/c1-35(2)42(39,40)36-20-22(24-11-5-8-14-28(24)36)18-27(34-30(37)25-12-6-9-15-29(25)41-3)31(38)32-17-16-21-19-33-26-13-7-4-10-23(21)26/h4-15,18-20,33H,16-17H2,1-3H3,(H,32,38)(H,34,37)/b27-18-. The van der Waals surface area contributed by atoms with Crippen molar-refractivity contribution < 1.29 is 22.7 Å². The molecule has 42 heavy (non-hydrogen) atoms. The Morgan fingerprint density at radius 2 is 1.67 bits per heavy atom. The summed E-state index contributed by atoms with van der Waals surface area (Å²) in [5.41, 5.74) is 3.13. The van der Waals surface area contributed by atoms with Gasteiger partial charge < -0.3 is 20.4 Å². The molecule has 216 valence electrons. The van der Waals surface area contributed by atoms with Crippen molar-refractivity contribution in [3.8, 4) is 5.75 Å². The lowest BCUT2D eigenvalue weighted by Crippen LogP contribution is -2.35. The second-order valence-electron chi connectivity index (χ2n) is 9.77. The summed E-state index contributed by atoms with van der Waals surface area (Å²) in [5, 5.41) is 7.28. The van der Waals surface area contributed by atoms with Crippen LogP contribution in [-0.2, 0) is 21.4 Å². The molecule has 11 heteroatoms. The number of H-pyrrole nitrogens is 1. The first-order valence-electron chi connectivity index (χ1n) is 13.2. The van der Waals surface area contributed by atoms with E-state index in [9.17, 15) is 18.0 Å². The van der Waals surface area contributed by atoms with E-state index in [1.807, 2.05) is 30.5 Å². The van der Waals surface area contributed by atoms with E-state index < -0.39 is 22.0 Å². The number of carbonyl (C=O) groups is 2. The minimum absolute atomic E-state index is 0.0463. The molecule has 0 fully saturated rings. The van der Waals surface area contributed by atoms with Crippen molar-refractivity contribution in [2.24, 2.45) is 0 Å². The molecule has 0 aliphatic carbocycles. The van der Waals surface area contributed by atoms with E-state index in [0.29, 0.717) is 35.2 Å². The Bertz CT molecular complexity index is 1920. The van der Waals surface area contributed by atoms with Gasteiger partial charge >= 0.3 is 10.2 Å². The zero-order valence-electron chi connectivity index (χ0n) is 23.4. The number of para-hydroxylation sites is 3. The molecule has 3 aromatic carbocycles. The lowest BCUT2D eigenvalue weighted by Gasteiger charge is -2.13. The Kier molecular flexibility index (Phi) is 8.14. The van der Waals surface area contributed by atoms with Crippen molar-refractivity contribution in [3.63, 3.8) is 0 Å². The average Bonchev–Trinajstić information content (AvgIpc) is 3.58. The topological polar surface area (TPSA) is 126 Å². The van der Waals surface area contributed by atoms with E-state index in [1.165, 1.54) is 33.5 Å². The van der Waals surface area contributed by atoms with Gasteiger partial charge in [-0.2, -0.15) is 12.7 Å². The summed E-state index contributed by atoms with van der Waals surface area (Å²) in [6, 6.07) is 21.5. The van der Waals surface area contributed by atoms with Gasteiger partial charge in [0.2, 0.25) is 0 Å². The normalized spacial score (nSPS) is 12.1. The molecular formula is C31H31N5O5S. The molecule has 0 saturated carbocycles. The smallest absolute Gasteiger partial charge is 0.307 e. The quantitative estimate of drug-likeness (QED) is 0.214. The van der Waals surface area contributed by atoms with Gasteiger partial charge in [0.15, 0.2) is 0 Å². The van der Waals surface area contributed by atoms with Gasteiger partial charge in [-0.3, -0.25) is 9.59 Å². The molecule has 2 heterocycles. The largest absolute Gasteiger partial charge is 0.496 e. The van der Waals surface area contributed by atoms with Gasteiger partial charge in [0, 0.05) is 54.9 Å². The number of methoxy groups -OCH3 is 1. The van der Waals surface area contributed by atoms with Crippen molar-refractivity contribution in [3.05, 3.63) is 108 Å². The number of carbonyl (C=O) groups excluding carboxylic acids is 2. The number of ether oxygens (including phenoxy) is 1. The minimum atomic E-state index is -3.86. The Labute approximate surface area is 243 Å². The van der Waals surface area contributed by atoms with Gasteiger partial charge in [0.05, 0.1) is 18.2 Å². The maximum atomic E-state index is 13.5. The molecule has 3 N–H and O–H groups in total. The number of fused-ring (bicyclic) bond motifs is 2. The lowest BCUT2D eigenvalue weighted by atomic mass is 10.1. The van der Waals surface area contributed by atoms with Crippen LogP contribution in [0.1, 0.15) is 21.5 Å². The molecule has 2 amide bonds. The van der Waals surface area contributed by atoms with Crippen LogP contribution in [0, 0.1) is 0 Å². The van der Waals surface area contributed by atoms with Crippen LogP contribution in [0.15, 0.2) is 90.9 Å². The predicted molar refractivity (Wildman–Crippen MR) is 163 cm³/mol. The van der Waals surface area contributed by atoms with Crippen molar-refractivity contribution in [1.29, 1.82) is 0 Å². The minimum Gasteiger partial charge on any atom is -0.496 e. The number of nitrogens with one attached hydrogen (secondary N) is 3. The van der Waals surface area contributed by atoms with E-state index in [2.05, 4.69) is 15.6 Å². The summed E-state index contributed by atoms with van der Waals surface area (Å²) in [7, 11) is 0.489. The van der Waals surface area contributed by atoms with Crippen LogP contribution in [0.2, 0.25) is 0 Å². The fraction of sp³-hybridized carbons (Fsp3) is 0.161. The number of aromatic nitrogens is 2. The monoisotopic (exact) mass is 585 g/mol. The fourth-order valence-electron chi connectivity index (χ4n) is 4.74. The lowest BCUT2D eigenvalue weighted by molar-refractivity contribution is -0.117. The van der Waals surface area contributed by atoms with Gasteiger partial charge in [-0.1, -0.05) is 48.5 Å². The first kappa shape index (κ1) is 28.7. The van der Waals surface area contributed by atoms with E-state index in [1.54, 1.807) is 48.5 Å². The van der Waals surface area contributed by atoms with Gasteiger partial charge in [0.1, 0.15) is 11.4 Å². The summed E-state index contributed by atoms with van der Waals surface area (Å²) >= 11 is 0. The van der Waals surface area contributed by atoms with Crippen LogP contribution in [0.25, 0.3) is 27.9 Å². The van der Waals surface area contributed by atoms with Gasteiger partial charge in [-0.05, 0) is 42.3 Å². The van der Waals surface area contributed by atoms with E-state index in [4.69, 9.17) is 4.74 Å². The zero-order valence-corrected chi connectivity index (χ0v) is 24.2. The summed E-state index contributed by atoms with van der Waals surface area (Å²) in [6.45, 7) is 0.305. The predicted octanol–water partition coefficient (Wildman–Crippen LogP) is 3.92. The highest BCUT2D eigenvalue weighted by atomic mass is 32.2. The molecule has 0 saturated heterocycles. The number of amides is 2. The SMILES string of the molecule is COc1ccccc1C(=O)N/C(=C\c1cn(S(=O)(=O)N(C)C)c2ccccc12)C(=O)NCCc1c[nH]c2ccccc12. The molecule has 0 atom stereocenters. The van der Waals surface area contributed by atoms with Crippen molar-refractivity contribution in [2.45, 2.75) is 6.42 Å². The molecule has 5 aromatic rings. The molecule has 0 spiro atoms. The second-order valence-corrected chi connectivity index (χ2v) is 11.8. The average molecular weight is 586 g/mol. The first-order chi connectivity index (χ1) is 20.2. The number of benzene rings is 3. The van der Waals surface area contributed by atoms with Crippen molar-refractivity contribution in [1.82, 2.24) is 23.9 Å². The van der Waals surface area contributed by atoms with E-state index in [-0.39, 0.29) is 11.3 Å². The van der Waals surface area contributed by atoms with Crippen LogP contribution in [0.5, 0.6) is 5.75 Å². The molecule has 2 aromatic heterocycles. The van der Waals surface area contributed by atoms with Gasteiger partial charge in [-0.25, -0.2) is 3.97 Å². The molecule has 0 bridgehead atoms. The highest BCUT2D eigenvalue weighted by Crippen LogP contribution is 2.26. The summed E-state index contributed by atoms with van der Waals surface area (Å²) < 4.78 is 33.7. The third-order valence-corrected chi connectivity index (χ3v) is 8.64. The molecule has 5 rings (SSSR count). The van der Waals surface area contributed by atoms with Crippen molar-refractivity contribution in [2.75, 3.05) is 27.7 Å². The number of rotatable bonds is 10. The number of aromatic amines is 1. The summed E-state index contributed by atoms with van der Waals surface area (Å²) in [5.74, 6) is -0.719. The zero-order chi connectivity index (χ0) is 29.9. The van der Waals surface area contributed by atoms with Crippen LogP contribution in [0.3, 0.4) is 0 Å². The molecule has 0 aliphatic rings. The maximum Gasteiger partial charge on any atom is 0.307 e. The summed E-state index contributed by atoms with van der Waals surface area (Å²) in [6.07, 6.45) is 5.40. The van der Waals surface area contributed by atoms with E-state index >= 15 is 0 Å². The van der Waals surface area contributed by atoms with E-state index in [0.717, 1.165) is 24.7 Å².